The van der Waals surface area contributed by atoms with Crippen LogP contribution in [-0.4, -0.2) is 36.2 Å². The maximum Gasteiger partial charge on any atom is 0.414 e. The maximum absolute atomic E-state index is 11.8. The van der Waals surface area contributed by atoms with Crippen LogP contribution in [0.25, 0.3) is 0 Å². The predicted octanol–water partition coefficient (Wildman–Crippen LogP) is 1.05. The fourth-order valence-electron chi connectivity index (χ4n) is 1.93. The average molecular weight is 293 g/mol. The Hall–Kier alpha value is -2.15. The Labute approximate surface area is 121 Å². The van der Waals surface area contributed by atoms with Crippen molar-refractivity contribution in [3.63, 3.8) is 0 Å². The van der Waals surface area contributed by atoms with Gasteiger partial charge in [0.15, 0.2) is 10.9 Å². The summed E-state index contributed by atoms with van der Waals surface area (Å²) in [4.78, 5) is 24.5. The molecule has 20 heavy (non-hydrogen) atoms. The molecule has 106 valence electrons. The normalized spacial score (nSPS) is 17.8. The SMILES string of the molecule is CC(=O)c1ccc(N2C[C@H](CNC(N)=S)OC2=O)cc1. The zero-order chi connectivity index (χ0) is 14.7. The minimum Gasteiger partial charge on any atom is -0.442 e. The van der Waals surface area contributed by atoms with Gasteiger partial charge in [-0.15, -0.1) is 0 Å². The number of rotatable bonds is 4. The number of carbonyl (C=O) groups excluding carboxylic acids is 2. The van der Waals surface area contributed by atoms with Crippen LogP contribution in [0.4, 0.5) is 10.5 Å². The van der Waals surface area contributed by atoms with E-state index in [2.05, 4.69) is 5.32 Å². The van der Waals surface area contributed by atoms with Crippen molar-refractivity contribution in [3.05, 3.63) is 29.8 Å². The molecular weight excluding hydrogens is 278 g/mol. The second-order valence-corrected chi connectivity index (χ2v) is 4.90. The van der Waals surface area contributed by atoms with Crippen LogP contribution in [0.1, 0.15) is 17.3 Å². The number of benzene rings is 1. The Morgan fingerprint density at radius 2 is 2.15 bits per heavy atom. The van der Waals surface area contributed by atoms with Gasteiger partial charge in [-0.1, -0.05) is 0 Å². The molecule has 0 bridgehead atoms. The van der Waals surface area contributed by atoms with Gasteiger partial charge in [-0.2, -0.15) is 0 Å². The lowest BCUT2D eigenvalue weighted by Gasteiger charge is -2.13. The molecule has 1 heterocycles. The second-order valence-electron chi connectivity index (χ2n) is 4.46. The Kier molecular flexibility index (Phi) is 4.19. The molecule has 0 saturated carbocycles. The highest BCUT2D eigenvalue weighted by Crippen LogP contribution is 2.22. The van der Waals surface area contributed by atoms with Gasteiger partial charge in [-0.25, -0.2) is 4.79 Å². The summed E-state index contributed by atoms with van der Waals surface area (Å²) in [5.74, 6) is -0.0147. The van der Waals surface area contributed by atoms with E-state index in [1.165, 1.54) is 11.8 Å². The standard InChI is InChI=1S/C13H15N3O3S/c1-8(17)9-2-4-10(5-3-9)16-7-11(19-13(16)18)6-15-12(14)20/h2-5,11H,6-7H2,1H3,(H3,14,15,20)/t11-/m0/s1. The summed E-state index contributed by atoms with van der Waals surface area (Å²) in [5.41, 5.74) is 6.63. The Morgan fingerprint density at radius 1 is 1.50 bits per heavy atom. The molecule has 2 rings (SSSR count). The first kappa shape index (κ1) is 14.3. The lowest BCUT2D eigenvalue weighted by Crippen LogP contribution is -2.37. The Balaban J connectivity index is 2.03. The number of nitrogens with two attached hydrogens (primary N) is 1. The third kappa shape index (κ3) is 3.24. The summed E-state index contributed by atoms with van der Waals surface area (Å²) in [5, 5.41) is 2.94. The highest BCUT2D eigenvalue weighted by atomic mass is 32.1. The molecule has 0 spiro atoms. The van der Waals surface area contributed by atoms with Crippen molar-refractivity contribution < 1.29 is 14.3 Å². The molecule has 1 atom stereocenters. The highest BCUT2D eigenvalue weighted by molar-refractivity contribution is 7.80. The van der Waals surface area contributed by atoms with Gasteiger partial charge in [0.2, 0.25) is 0 Å². The first-order valence-electron chi connectivity index (χ1n) is 6.10. The molecule has 0 radical (unpaired) electrons. The average Bonchev–Trinajstić information content (AvgIpc) is 2.78. The van der Waals surface area contributed by atoms with Crippen LogP contribution in [-0.2, 0) is 4.74 Å². The minimum absolute atomic E-state index is 0.0147. The third-order valence-corrected chi connectivity index (χ3v) is 3.11. The molecule has 0 aromatic heterocycles. The highest BCUT2D eigenvalue weighted by Gasteiger charge is 2.32. The van der Waals surface area contributed by atoms with Crippen LogP contribution in [0, 0.1) is 0 Å². The van der Waals surface area contributed by atoms with E-state index >= 15 is 0 Å². The van der Waals surface area contributed by atoms with Crippen LogP contribution >= 0.6 is 12.2 Å². The van der Waals surface area contributed by atoms with Crippen molar-refractivity contribution in [1.29, 1.82) is 0 Å². The number of Topliss-reactive ketones (excluding diaryl/α,β-unsaturated/α-hetero) is 1. The van der Waals surface area contributed by atoms with E-state index < -0.39 is 6.09 Å². The van der Waals surface area contributed by atoms with E-state index in [0.717, 1.165) is 0 Å². The number of hydrogen-bond acceptors (Lipinski definition) is 4. The molecule has 1 amide bonds. The zero-order valence-electron chi connectivity index (χ0n) is 11.0. The van der Waals surface area contributed by atoms with Crippen molar-refractivity contribution in [2.24, 2.45) is 5.73 Å². The number of hydrogen-bond donors (Lipinski definition) is 2. The first-order valence-corrected chi connectivity index (χ1v) is 6.50. The van der Waals surface area contributed by atoms with E-state index in [1.807, 2.05) is 0 Å². The van der Waals surface area contributed by atoms with Gasteiger partial charge in [0, 0.05) is 11.3 Å². The quantitative estimate of drug-likeness (QED) is 0.637. The molecule has 3 N–H and O–H groups in total. The largest absolute Gasteiger partial charge is 0.442 e. The van der Waals surface area contributed by atoms with Crippen LogP contribution in [0.3, 0.4) is 0 Å². The first-order chi connectivity index (χ1) is 9.47. The van der Waals surface area contributed by atoms with Crippen LogP contribution in [0.2, 0.25) is 0 Å². The van der Waals surface area contributed by atoms with Gasteiger partial charge in [-0.3, -0.25) is 9.69 Å². The van der Waals surface area contributed by atoms with Crippen molar-refractivity contribution in [2.45, 2.75) is 13.0 Å². The van der Waals surface area contributed by atoms with E-state index in [9.17, 15) is 9.59 Å². The smallest absolute Gasteiger partial charge is 0.414 e. The molecule has 1 fully saturated rings. The van der Waals surface area contributed by atoms with Gasteiger partial charge >= 0.3 is 6.09 Å². The molecule has 1 saturated heterocycles. The molecule has 1 aromatic rings. The molecule has 0 aliphatic carbocycles. The number of ketones is 1. The van der Waals surface area contributed by atoms with Gasteiger partial charge < -0.3 is 15.8 Å². The molecule has 7 heteroatoms. The van der Waals surface area contributed by atoms with Crippen LogP contribution < -0.4 is 16.0 Å². The van der Waals surface area contributed by atoms with Crippen molar-refractivity contribution in [2.75, 3.05) is 18.0 Å². The summed E-state index contributed by atoms with van der Waals surface area (Å²) in [6, 6.07) is 6.82. The molecular formula is C13H15N3O3S. The lowest BCUT2D eigenvalue weighted by molar-refractivity contribution is 0.101. The summed E-state index contributed by atoms with van der Waals surface area (Å²) in [6.45, 7) is 2.29. The number of nitrogens with zero attached hydrogens (tertiary/aromatic N) is 1. The summed E-state index contributed by atoms with van der Waals surface area (Å²) < 4.78 is 5.20. The fraction of sp³-hybridized carbons (Fsp3) is 0.308. The number of nitrogens with one attached hydrogen (secondary N) is 1. The van der Waals surface area contributed by atoms with E-state index in [1.54, 1.807) is 24.3 Å². The monoisotopic (exact) mass is 293 g/mol. The van der Waals surface area contributed by atoms with Crippen molar-refractivity contribution >= 4 is 34.9 Å². The minimum atomic E-state index is -0.421. The van der Waals surface area contributed by atoms with Crippen molar-refractivity contribution in [3.8, 4) is 0 Å². The Bertz CT molecular complexity index is 544. The lowest BCUT2D eigenvalue weighted by atomic mass is 10.1. The number of amides is 1. The third-order valence-electron chi connectivity index (χ3n) is 2.96. The zero-order valence-corrected chi connectivity index (χ0v) is 11.8. The van der Waals surface area contributed by atoms with Gasteiger partial charge in [-0.05, 0) is 43.4 Å². The Morgan fingerprint density at radius 3 is 2.70 bits per heavy atom. The van der Waals surface area contributed by atoms with Gasteiger partial charge in [0.05, 0.1) is 13.1 Å². The van der Waals surface area contributed by atoms with Crippen LogP contribution in [0.5, 0.6) is 0 Å². The molecule has 0 unspecified atom stereocenters. The maximum atomic E-state index is 11.8. The number of carbonyl (C=O) groups is 2. The fourth-order valence-corrected chi connectivity index (χ4v) is 2.01. The van der Waals surface area contributed by atoms with Gasteiger partial charge in [0.1, 0.15) is 6.10 Å². The molecule has 1 aromatic carbocycles. The predicted molar refractivity (Wildman–Crippen MR) is 78.8 cm³/mol. The topological polar surface area (TPSA) is 84.7 Å². The van der Waals surface area contributed by atoms with Gasteiger partial charge in [0.25, 0.3) is 0 Å². The van der Waals surface area contributed by atoms with E-state index in [4.69, 9.17) is 22.7 Å². The van der Waals surface area contributed by atoms with Crippen LogP contribution in [0.15, 0.2) is 24.3 Å². The number of thiocarbonyl (C=S) groups is 1. The summed E-state index contributed by atoms with van der Waals surface area (Å²) in [7, 11) is 0. The number of ether oxygens (including phenoxy) is 1. The number of anilines is 1. The van der Waals surface area contributed by atoms with E-state index in [0.29, 0.717) is 24.3 Å². The molecule has 6 nitrogen and oxygen atoms in total. The van der Waals surface area contributed by atoms with E-state index in [-0.39, 0.29) is 17.0 Å². The number of cyclic esters (lactones) is 1. The second kappa shape index (κ2) is 5.87. The molecule has 1 aliphatic heterocycles. The summed E-state index contributed by atoms with van der Waals surface area (Å²) in [6.07, 6.45) is -0.730. The van der Waals surface area contributed by atoms with Crippen molar-refractivity contribution in [1.82, 2.24) is 5.32 Å². The summed E-state index contributed by atoms with van der Waals surface area (Å²) >= 11 is 4.70. The molecule has 1 aliphatic rings.